The topological polar surface area (TPSA) is 51.8 Å². The Morgan fingerprint density at radius 2 is 1.04 bits per heavy atom. The van der Waals surface area contributed by atoms with Gasteiger partial charge in [-0.3, -0.25) is 0 Å². The van der Waals surface area contributed by atoms with Gasteiger partial charge in [0.05, 0.1) is 0 Å². The molecule has 0 atom stereocenters. The van der Waals surface area contributed by atoms with Crippen LogP contribution in [-0.4, -0.2) is 15.0 Å². The first-order chi connectivity index (χ1) is 27.5. The maximum Gasteiger partial charge on any atom is 0.164 e. The maximum absolute atomic E-state index is 6.56. The number of fused-ring (bicyclic) bond motifs is 9. The molecule has 0 bridgehead atoms. The molecule has 0 spiro atoms. The first-order valence-electron chi connectivity index (χ1n) is 19.2. The summed E-state index contributed by atoms with van der Waals surface area (Å²) in [6.45, 7) is 4.61. The lowest BCUT2D eigenvalue weighted by Gasteiger charge is -2.21. The molecule has 12 rings (SSSR count). The molecule has 0 saturated heterocycles. The van der Waals surface area contributed by atoms with E-state index in [1.807, 2.05) is 30.3 Å². The van der Waals surface area contributed by atoms with Crippen LogP contribution >= 0.6 is 0 Å². The molecule has 4 heteroatoms. The van der Waals surface area contributed by atoms with Crippen molar-refractivity contribution < 1.29 is 4.42 Å². The second-order valence-corrected chi connectivity index (χ2v) is 15.5. The lowest BCUT2D eigenvalue weighted by atomic mass is 9.82. The highest BCUT2D eigenvalue weighted by Gasteiger charge is 2.35. The maximum atomic E-state index is 6.56. The minimum Gasteiger partial charge on any atom is -0.456 e. The fourth-order valence-electron chi connectivity index (χ4n) is 9.46. The monoisotopic (exact) mass is 715 g/mol. The molecule has 2 aliphatic rings. The predicted octanol–water partition coefficient (Wildman–Crippen LogP) is 13.5. The summed E-state index contributed by atoms with van der Waals surface area (Å²) in [7, 11) is 0. The van der Waals surface area contributed by atoms with Crippen molar-refractivity contribution in [2.45, 2.75) is 19.3 Å². The van der Waals surface area contributed by atoms with E-state index in [9.17, 15) is 0 Å². The fourth-order valence-corrected chi connectivity index (χ4v) is 9.46. The molecule has 4 nitrogen and oxygen atoms in total. The van der Waals surface area contributed by atoms with Gasteiger partial charge in [0.1, 0.15) is 11.2 Å². The van der Waals surface area contributed by atoms with Gasteiger partial charge >= 0.3 is 0 Å². The Morgan fingerprint density at radius 1 is 0.393 bits per heavy atom. The summed E-state index contributed by atoms with van der Waals surface area (Å²) >= 11 is 0. The molecule has 0 fully saturated rings. The van der Waals surface area contributed by atoms with Gasteiger partial charge in [0.15, 0.2) is 17.5 Å². The van der Waals surface area contributed by atoms with E-state index in [-0.39, 0.29) is 5.41 Å². The summed E-state index contributed by atoms with van der Waals surface area (Å²) in [5.41, 5.74) is 17.0. The van der Waals surface area contributed by atoms with E-state index in [4.69, 9.17) is 19.4 Å². The second kappa shape index (κ2) is 11.4. The highest BCUT2D eigenvalue weighted by Crippen LogP contribution is 2.52. The molecule has 2 heterocycles. The quantitative estimate of drug-likeness (QED) is 0.182. The van der Waals surface area contributed by atoms with Crippen LogP contribution in [0.5, 0.6) is 0 Å². The fraction of sp³-hybridized carbons (Fsp3) is 0.0577. The Morgan fingerprint density at radius 3 is 1.91 bits per heavy atom. The molecular formula is C52H33N3O. The van der Waals surface area contributed by atoms with Crippen molar-refractivity contribution in [3.63, 3.8) is 0 Å². The van der Waals surface area contributed by atoms with Crippen LogP contribution in [0.4, 0.5) is 0 Å². The molecule has 0 unspecified atom stereocenters. The highest BCUT2D eigenvalue weighted by molar-refractivity contribution is 6.19. The molecule has 10 aromatic rings. The number of hydrogen-bond donors (Lipinski definition) is 0. The van der Waals surface area contributed by atoms with Crippen molar-refractivity contribution in [1.82, 2.24) is 15.0 Å². The van der Waals surface area contributed by atoms with Crippen LogP contribution in [0.1, 0.15) is 25.0 Å². The van der Waals surface area contributed by atoms with Gasteiger partial charge < -0.3 is 4.42 Å². The van der Waals surface area contributed by atoms with Crippen LogP contribution < -0.4 is 0 Å². The molecule has 8 aromatic carbocycles. The average Bonchev–Trinajstić information content (AvgIpc) is 3.87. The molecule has 2 aliphatic carbocycles. The van der Waals surface area contributed by atoms with Crippen molar-refractivity contribution in [2.75, 3.05) is 0 Å². The SMILES string of the molecule is CC1(C)c2ccccc2-c2cc(-c3nc(-c4ccccc4)nc(-c4cccc5oc6ccc(-c7cccc8c7-c7cccc9cccc-8c79)cc6c45)n3)ccc21. The zero-order chi connectivity index (χ0) is 37.1. The molecular weight excluding hydrogens is 683 g/mol. The van der Waals surface area contributed by atoms with Gasteiger partial charge in [-0.15, -0.1) is 0 Å². The zero-order valence-corrected chi connectivity index (χ0v) is 30.8. The van der Waals surface area contributed by atoms with E-state index < -0.39 is 0 Å². The minimum atomic E-state index is -0.0854. The van der Waals surface area contributed by atoms with Gasteiger partial charge in [-0.25, -0.2) is 15.0 Å². The largest absolute Gasteiger partial charge is 0.456 e. The molecule has 0 radical (unpaired) electrons. The number of nitrogens with zero attached hydrogens (tertiary/aromatic N) is 3. The van der Waals surface area contributed by atoms with Gasteiger partial charge in [-0.2, -0.15) is 0 Å². The Hall–Kier alpha value is -7.17. The summed E-state index contributed by atoms with van der Waals surface area (Å²) in [4.78, 5) is 15.6. The van der Waals surface area contributed by atoms with Gasteiger partial charge in [0.2, 0.25) is 0 Å². The molecule has 262 valence electrons. The van der Waals surface area contributed by atoms with E-state index in [1.54, 1.807) is 0 Å². The first kappa shape index (κ1) is 31.2. The van der Waals surface area contributed by atoms with Crippen molar-refractivity contribution in [3.05, 3.63) is 175 Å². The lowest BCUT2D eigenvalue weighted by Crippen LogP contribution is -2.14. The third-order valence-corrected chi connectivity index (χ3v) is 12.1. The van der Waals surface area contributed by atoms with Crippen molar-refractivity contribution in [2.24, 2.45) is 0 Å². The molecule has 2 aromatic heterocycles. The summed E-state index contributed by atoms with van der Waals surface area (Å²) < 4.78 is 6.56. The van der Waals surface area contributed by atoms with Crippen LogP contribution in [0.2, 0.25) is 0 Å². The molecule has 0 amide bonds. The van der Waals surface area contributed by atoms with Crippen LogP contribution in [0.3, 0.4) is 0 Å². The summed E-state index contributed by atoms with van der Waals surface area (Å²) in [6, 6.07) is 58.3. The molecule has 0 N–H and O–H groups in total. The summed E-state index contributed by atoms with van der Waals surface area (Å²) in [6.07, 6.45) is 0. The Bertz CT molecular complexity index is 3280. The smallest absolute Gasteiger partial charge is 0.164 e. The predicted molar refractivity (Wildman–Crippen MR) is 228 cm³/mol. The molecule has 56 heavy (non-hydrogen) atoms. The van der Waals surface area contributed by atoms with Crippen LogP contribution in [0.15, 0.2) is 168 Å². The lowest BCUT2D eigenvalue weighted by molar-refractivity contribution is 0.660. The Kier molecular flexibility index (Phi) is 6.37. The van der Waals surface area contributed by atoms with Gasteiger partial charge in [0.25, 0.3) is 0 Å². The molecule has 0 aliphatic heterocycles. The number of aromatic nitrogens is 3. The van der Waals surface area contributed by atoms with E-state index in [1.165, 1.54) is 60.8 Å². The Labute approximate surface area is 323 Å². The number of rotatable bonds is 4. The van der Waals surface area contributed by atoms with E-state index in [2.05, 4.69) is 147 Å². The minimum absolute atomic E-state index is 0.0854. The van der Waals surface area contributed by atoms with Crippen LogP contribution in [0, 0.1) is 0 Å². The van der Waals surface area contributed by atoms with Crippen LogP contribution in [0.25, 0.3) is 111 Å². The van der Waals surface area contributed by atoms with E-state index in [0.717, 1.165) is 44.2 Å². The standard InChI is InChI=1S/C52H33N3O/c1-52(2)42-22-7-6-16-35(42)40-29-33(24-26-43(40)52)50-53-49(31-12-4-3-5-13-31)54-51(55-50)39-21-11-23-45-48(39)41-28-32(25-27-44(41)56-45)34-17-10-19-37-36-18-8-14-30-15-9-20-38(46(30)36)47(34)37/h3-29H,1-2H3. The number of hydrogen-bond acceptors (Lipinski definition) is 4. The third-order valence-electron chi connectivity index (χ3n) is 12.1. The first-order valence-corrected chi connectivity index (χ1v) is 19.2. The van der Waals surface area contributed by atoms with E-state index in [0.29, 0.717) is 17.5 Å². The molecule has 0 saturated carbocycles. The second-order valence-electron chi connectivity index (χ2n) is 15.5. The zero-order valence-electron chi connectivity index (χ0n) is 30.8. The van der Waals surface area contributed by atoms with Crippen molar-refractivity contribution in [3.8, 4) is 78.7 Å². The van der Waals surface area contributed by atoms with E-state index >= 15 is 0 Å². The number of furan rings is 1. The van der Waals surface area contributed by atoms with Gasteiger partial charge in [-0.1, -0.05) is 153 Å². The van der Waals surface area contributed by atoms with Gasteiger partial charge in [-0.05, 0) is 90.7 Å². The summed E-state index contributed by atoms with van der Waals surface area (Å²) in [5.74, 6) is 1.88. The van der Waals surface area contributed by atoms with Crippen molar-refractivity contribution >= 4 is 32.7 Å². The van der Waals surface area contributed by atoms with Gasteiger partial charge in [0, 0.05) is 32.9 Å². The number of benzene rings is 8. The summed E-state index contributed by atoms with van der Waals surface area (Å²) in [5, 5.41) is 4.61. The Balaban J connectivity index is 1.06. The highest BCUT2D eigenvalue weighted by atomic mass is 16.3. The van der Waals surface area contributed by atoms with Crippen LogP contribution in [-0.2, 0) is 5.41 Å². The normalized spacial score (nSPS) is 13.3. The van der Waals surface area contributed by atoms with Crippen molar-refractivity contribution in [1.29, 1.82) is 0 Å². The third kappa shape index (κ3) is 4.38. The average molecular weight is 716 g/mol.